The first-order valence-electron chi connectivity index (χ1n) is 8.28. The molecule has 7 nitrogen and oxygen atoms in total. The average molecular weight is 375 g/mol. The normalized spacial score (nSPS) is 11.7. The molecule has 0 saturated heterocycles. The molecular formula is C18H21N3O4S. The molecule has 2 rings (SSSR count). The molecule has 1 atom stereocenters. The van der Waals surface area contributed by atoms with Gasteiger partial charge in [-0.2, -0.15) is 0 Å². The highest BCUT2D eigenvalue weighted by atomic mass is 32.2. The van der Waals surface area contributed by atoms with Crippen molar-refractivity contribution in [3.63, 3.8) is 0 Å². The zero-order chi connectivity index (χ0) is 19.1. The topological polar surface area (TPSA) is 101 Å². The molecule has 26 heavy (non-hydrogen) atoms. The Hall–Kier alpha value is -2.61. The van der Waals surface area contributed by atoms with E-state index in [0.717, 1.165) is 11.8 Å². The summed E-state index contributed by atoms with van der Waals surface area (Å²) < 4.78 is 5.00. The zero-order valence-corrected chi connectivity index (χ0v) is 15.7. The number of benzene rings is 1. The number of carbonyl (C=O) groups is 2. The summed E-state index contributed by atoms with van der Waals surface area (Å²) in [7, 11) is 0. The minimum Gasteiger partial charge on any atom is -0.462 e. The number of aryl methyl sites for hydroxylation is 1. The molecule has 1 aromatic heterocycles. The van der Waals surface area contributed by atoms with E-state index >= 15 is 0 Å². The van der Waals surface area contributed by atoms with Crippen molar-refractivity contribution in [2.75, 3.05) is 11.9 Å². The third kappa shape index (κ3) is 5.19. The molecule has 1 unspecified atom stereocenters. The van der Waals surface area contributed by atoms with Gasteiger partial charge in [-0.05, 0) is 32.4 Å². The van der Waals surface area contributed by atoms with Crippen molar-refractivity contribution >= 4 is 29.3 Å². The molecule has 1 amide bonds. The van der Waals surface area contributed by atoms with Crippen LogP contribution in [0.5, 0.6) is 0 Å². The lowest BCUT2D eigenvalue weighted by atomic mass is 10.1. The maximum absolute atomic E-state index is 12.5. The standard InChI is InChI=1S/C18H21N3O4S/c1-4-12-10-15(22)21-18(19-12)26-11(3)16(23)20-14-9-7-6-8-13(14)17(24)25-5-2/h6-11H,4-5H2,1-3H3,(H,20,23)(H,19,21,22). The number of esters is 1. The van der Waals surface area contributed by atoms with E-state index in [1.807, 2.05) is 6.92 Å². The van der Waals surface area contributed by atoms with Crippen LogP contribution >= 0.6 is 11.8 Å². The molecule has 0 aliphatic carbocycles. The minimum absolute atomic E-state index is 0.250. The minimum atomic E-state index is -0.527. The molecule has 0 spiro atoms. The molecule has 0 bridgehead atoms. The highest BCUT2D eigenvalue weighted by molar-refractivity contribution is 8.00. The summed E-state index contributed by atoms with van der Waals surface area (Å²) in [6, 6.07) is 8.09. The van der Waals surface area contributed by atoms with Gasteiger partial charge in [-0.3, -0.25) is 9.59 Å². The molecule has 1 heterocycles. The van der Waals surface area contributed by atoms with Gasteiger partial charge in [0.25, 0.3) is 5.56 Å². The number of carbonyl (C=O) groups excluding carboxylic acids is 2. The van der Waals surface area contributed by atoms with Crippen molar-refractivity contribution in [1.82, 2.24) is 9.97 Å². The lowest BCUT2D eigenvalue weighted by Gasteiger charge is -2.14. The quantitative estimate of drug-likeness (QED) is 0.438. The lowest BCUT2D eigenvalue weighted by Crippen LogP contribution is -2.24. The molecule has 0 saturated carbocycles. The van der Waals surface area contributed by atoms with Crippen LogP contribution in [0.1, 0.15) is 36.8 Å². The van der Waals surface area contributed by atoms with Gasteiger partial charge >= 0.3 is 5.97 Å². The number of para-hydroxylation sites is 1. The van der Waals surface area contributed by atoms with E-state index in [9.17, 15) is 14.4 Å². The smallest absolute Gasteiger partial charge is 0.340 e. The van der Waals surface area contributed by atoms with E-state index in [0.29, 0.717) is 28.5 Å². The Labute approximate surface area is 155 Å². The van der Waals surface area contributed by atoms with Crippen LogP contribution in [-0.2, 0) is 16.0 Å². The molecule has 2 aromatic rings. The third-order valence-electron chi connectivity index (χ3n) is 3.47. The molecule has 1 aromatic carbocycles. The lowest BCUT2D eigenvalue weighted by molar-refractivity contribution is -0.115. The Morgan fingerprint density at radius 2 is 2.04 bits per heavy atom. The SMILES string of the molecule is CCOC(=O)c1ccccc1NC(=O)C(C)Sc1nc(CC)cc(=O)[nH]1. The highest BCUT2D eigenvalue weighted by Gasteiger charge is 2.19. The number of ether oxygens (including phenoxy) is 1. The second-order valence-corrected chi connectivity index (χ2v) is 6.74. The molecule has 138 valence electrons. The first-order valence-corrected chi connectivity index (χ1v) is 9.16. The maximum Gasteiger partial charge on any atom is 0.340 e. The molecule has 0 fully saturated rings. The van der Waals surface area contributed by atoms with Crippen LogP contribution < -0.4 is 10.9 Å². The summed E-state index contributed by atoms with van der Waals surface area (Å²) in [5, 5.41) is 2.59. The molecule has 0 radical (unpaired) electrons. The van der Waals surface area contributed by atoms with Crippen LogP contribution in [0.4, 0.5) is 5.69 Å². The van der Waals surface area contributed by atoms with Crippen molar-refractivity contribution < 1.29 is 14.3 Å². The molecule has 2 N–H and O–H groups in total. The van der Waals surface area contributed by atoms with Gasteiger partial charge in [0, 0.05) is 11.8 Å². The number of rotatable bonds is 7. The first kappa shape index (κ1) is 19.7. The van der Waals surface area contributed by atoms with E-state index < -0.39 is 11.2 Å². The Kier molecular flexibility index (Phi) is 6.97. The number of anilines is 1. The summed E-state index contributed by atoms with van der Waals surface area (Å²) in [6.07, 6.45) is 0.630. The number of amides is 1. The number of hydrogen-bond donors (Lipinski definition) is 2. The van der Waals surface area contributed by atoms with Crippen LogP contribution in [0.25, 0.3) is 0 Å². The second kappa shape index (κ2) is 9.19. The second-order valence-electron chi connectivity index (χ2n) is 5.41. The number of aromatic nitrogens is 2. The van der Waals surface area contributed by atoms with Crippen LogP contribution in [0.3, 0.4) is 0 Å². The average Bonchev–Trinajstić information content (AvgIpc) is 2.61. The largest absolute Gasteiger partial charge is 0.462 e. The van der Waals surface area contributed by atoms with Crippen LogP contribution in [-0.4, -0.2) is 33.7 Å². The summed E-state index contributed by atoms with van der Waals surface area (Å²) >= 11 is 1.14. The summed E-state index contributed by atoms with van der Waals surface area (Å²) in [5.74, 6) is -0.804. The monoisotopic (exact) mass is 375 g/mol. The predicted octanol–water partition coefficient (Wildman–Crippen LogP) is 2.63. The van der Waals surface area contributed by atoms with Gasteiger partial charge in [-0.25, -0.2) is 9.78 Å². The fourth-order valence-electron chi connectivity index (χ4n) is 2.15. The van der Waals surface area contributed by atoms with E-state index in [4.69, 9.17) is 4.74 Å². The van der Waals surface area contributed by atoms with E-state index in [1.54, 1.807) is 38.1 Å². The Bertz CT molecular complexity index is 850. The van der Waals surface area contributed by atoms with Crippen LogP contribution in [0.2, 0.25) is 0 Å². The van der Waals surface area contributed by atoms with Crippen molar-refractivity contribution in [2.24, 2.45) is 0 Å². The number of aromatic amines is 1. The van der Waals surface area contributed by atoms with Crippen LogP contribution in [0.15, 0.2) is 40.3 Å². The Balaban J connectivity index is 2.12. The fourth-order valence-corrected chi connectivity index (χ4v) is 2.99. The fraction of sp³-hybridized carbons (Fsp3) is 0.333. The summed E-state index contributed by atoms with van der Waals surface area (Å²) in [6.45, 7) is 5.57. The van der Waals surface area contributed by atoms with Gasteiger partial charge in [0.15, 0.2) is 5.16 Å². The van der Waals surface area contributed by atoms with Gasteiger partial charge in [0.05, 0.1) is 23.1 Å². The number of thioether (sulfide) groups is 1. The predicted molar refractivity (Wildman–Crippen MR) is 101 cm³/mol. The van der Waals surface area contributed by atoms with Crippen molar-refractivity contribution in [1.29, 1.82) is 0 Å². The van der Waals surface area contributed by atoms with Gasteiger partial charge in [-0.15, -0.1) is 0 Å². The van der Waals surface area contributed by atoms with E-state index in [2.05, 4.69) is 15.3 Å². The zero-order valence-electron chi connectivity index (χ0n) is 14.9. The third-order valence-corrected chi connectivity index (χ3v) is 4.46. The Morgan fingerprint density at radius 3 is 2.73 bits per heavy atom. The number of nitrogens with zero attached hydrogens (tertiary/aromatic N) is 1. The van der Waals surface area contributed by atoms with Gasteiger partial charge in [0.2, 0.25) is 5.91 Å². The van der Waals surface area contributed by atoms with Gasteiger partial charge in [0.1, 0.15) is 0 Å². The number of hydrogen-bond acceptors (Lipinski definition) is 6. The summed E-state index contributed by atoms with van der Waals surface area (Å²) in [4.78, 5) is 43.0. The van der Waals surface area contributed by atoms with E-state index in [1.165, 1.54) is 6.07 Å². The highest BCUT2D eigenvalue weighted by Crippen LogP contribution is 2.22. The molecule has 8 heteroatoms. The Morgan fingerprint density at radius 1 is 1.31 bits per heavy atom. The number of H-pyrrole nitrogens is 1. The van der Waals surface area contributed by atoms with Crippen LogP contribution in [0, 0.1) is 0 Å². The summed E-state index contributed by atoms with van der Waals surface area (Å²) in [5.41, 5.74) is 1.09. The molecule has 0 aliphatic rings. The van der Waals surface area contributed by atoms with Crippen molar-refractivity contribution in [3.05, 3.63) is 51.9 Å². The molecular weight excluding hydrogens is 354 g/mol. The first-order chi connectivity index (χ1) is 12.4. The van der Waals surface area contributed by atoms with Gasteiger partial charge in [-0.1, -0.05) is 30.8 Å². The van der Waals surface area contributed by atoms with Crippen molar-refractivity contribution in [3.8, 4) is 0 Å². The van der Waals surface area contributed by atoms with Gasteiger partial charge < -0.3 is 15.0 Å². The maximum atomic E-state index is 12.5. The van der Waals surface area contributed by atoms with Crippen molar-refractivity contribution in [2.45, 2.75) is 37.6 Å². The molecule has 0 aliphatic heterocycles. The number of nitrogens with one attached hydrogen (secondary N) is 2. The van der Waals surface area contributed by atoms with E-state index in [-0.39, 0.29) is 18.1 Å².